The monoisotopic (exact) mass is 556 g/mol. The lowest BCUT2D eigenvalue weighted by Gasteiger charge is -2.22. The largest absolute Gasteiger partial charge is 0.408 e. The topological polar surface area (TPSA) is 105 Å². The first-order valence-corrected chi connectivity index (χ1v) is 11.8. The van der Waals surface area contributed by atoms with Crippen molar-refractivity contribution in [2.45, 2.75) is 37.6 Å². The third kappa shape index (κ3) is 4.71. The standard InChI is InChI=1S/C24H18ClF5N4O4/c25-15-5-11(26)6-16(27)19(15)34-9-14(23(38)32-21(10-1-2-10)24(28,29)30)20(37)13-3-4-17(31-22(13)34)33-8-12(35)7-18(33)36/h3-6,9-10,12,21,35H,1-2,7-8H2,(H,32,38)/t12-,21-/m0/s1. The number of hydrogen-bond acceptors (Lipinski definition) is 5. The van der Waals surface area contributed by atoms with E-state index in [0.29, 0.717) is 6.07 Å². The van der Waals surface area contributed by atoms with Crippen LogP contribution in [0.5, 0.6) is 0 Å². The van der Waals surface area contributed by atoms with Gasteiger partial charge in [0.15, 0.2) is 11.5 Å². The molecule has 2 aliphatic rings. The van der Waals surface area contributed by atoms with Gasteiger partial charge in [0.05, 0.1) is 29.5 Å². The van der Waals surface area contributed by atoms with E-state index in [1.165, 1.54) is 12.1 Å². The van der Waals surface area contributed by atoms with Crippen molar-refractivity contribution in [2.24, 2.45) is 5.92 Å². The molecule has 3 heterocycles. The summed E-state index contributed by atoms with van der Waals surface area (Å²) in [5.41, 5.74) is -2.59. The fourth-order valence-electron chi connectivity index (χ4n) is 4.47. The van der Waals surface area contributed by atoms with E-state index in [1.807, 2.05) is 5.32 Å². The second-order valence-electron chi connectivity index (χ2n) is 9.19. The fourth-order valence-corrected chi connectivity index (χ4v) is 4.75. The van der Waals surface area contributed by atoms with Gasteiger partial charge in [-0.3, -0.25) is 23.9 Å². The van der Waals surface area contributed by atoms with Crippen molar-refractivity contribution in [3.8, 4) is 5.69 Å². The van der Waals surface area contributed by atoms with Crippen LogP contribution in [0.1, 0.15) is 29.6 Å². The van der Waals surface area contributed by atoms with Gasteiger partial charge in [-0.25, -0.2) is 13.8 Å². The maximum atomic E-state index is 15.0. The van der Waals surface area contributed by atoms with Gasteiger partial charge in [-0.2, -0.15) is 13.2 Å². The number of carbonyl (C=O) groups excluding carboxylic acids is 2. The summed E-state index contributed by atoms with van der Waals surface area (Å²) < 4.78 is 70.1. The number of rotatable bonds is 5. The highest BCUT2D eigenvalue weighted by molar-refractivity contribution is 6.32. The van der Waals surface area contributed by atoms with Crippen LogP contribution in [0.2, 0.25) is 5.02 Å². The zero-order valence-electron chi connectivity index (χ0n) is 19.2. The SMILES string of the molecule is O=C(N[C@@H](C1CC1)C(F)(F)F)c1cn(-c2c(F)cc(F)cc2Cl)c2nc(N3C[C@@H](O)CC3=O)ccc2c1=O. The highest BCUT2D eigenvalue weighted by atomic mass is 35.5. The first kappa shape index (κ1) is 26.0. The third-order valence-corrected chi connectivity index (χ3v) is 6.71. The molecule has 2 fully saturated rings. The number of β-amino-alcohol motifs (C(OH)–C–C–N with tert-alkyl or cyclic N) is 1. The van der Waals surface area contributed by atoms with Crippen molar-refractivity contribution in [3.63, 3.8) is 0 Å². The summed E-state index contributed by atoms with van der Waals surface area (Å²) in [4.78, 5) is 43.8. The number of fused-ring (bicyclic) bond motifs is 1. The fraction of sp³-hybridized carbons (Fsp3) is 0.333. The molecule has 2 amide bonds. The summed E-state index contributed by atoms with van der Waals surface area (Å²) in [7, 11) is 0. The molecule has 38 heavy (non-hydrogen) atoms. The molecule has 1 aliphatic carbocycles. The van der Waals surface area contributed by atoms with Crippen LogP contribution in [0.4, 0.5) is 27.8 Å². The van der Waals surface area contributed by atoms with Crippen molar-refractivity contribution in [1.29, 1.82) is 0 Å². The molecular formula is C24H18ClF5N4O4. The van der Waals surface area contributed by atoms with Crippen LogP contribution in [0.3, 0.4) is 0 Å². The molecule has 5 rings (SSSR count). The number of pyridine rings is 2. The van der Waals surface area contributed by atoms with Crippen molar-refractivity contribution in [3.05, 3.63) is 62.9 Å². The number of aliphatic hydroxyl groups excluding tert-OH is 1. The molecule has 14 heteroatoms. The summed E-state index contributed by atoms with van der Waals surface area (Å²) >= 11 is 6.09. The Bertz CT molecular complexity index is 1520. The normalized spacial score (nSPS) is 18.8. The molecule has 3 aromatic rings. The summed E-state index contributed by atoms with van der Waals surface area (Å²) in [5, 5.41) is 10.9. The summed E-state index contributed by atoms with van der Waals surface area (Å²) in [5.74, 6) is -4.91. The summed E-state index contributed by atoms with van der Waals surface area (Å²) in [6.45, 7) is -0.103. The lowest BCUT2D eigenvalue weighted by atomic mass is 10.1. The highest BCUT2D eigenvalue weighted by Crippen LogP contribution is 2.40. The molecule has 1 aromatic carbocycles. The maximum Gasteiger partial charge on any atom is 0.408 e. The zero-order valence-corrected chi connectivity index (χ0v) is 20.0. The minimum absolute atomic E-state index is 0.0195. The van der Waals surface area contributed by atoms with Gasteiger partial charge < -0.3 is 10.4 Å². The number of alkyl halides is 3. The van der Waals surface area contributed by atoms with E-state index in [4.69, 9.17) is 11.6 Å². The van der Waals surface area contributed by atoms with Crippen LogP contribution >= 0.6 is 11.6 Å². The van der Waals surface area contributed by atoms with E-state index < -0.39 is 69.4 Å². The molecule has 0 bridgehead atoms. The predicted octanol–water partition coefficient (Wildman–Crippen LogP) is 3.49. The number of hydrogen-bond donors (Lipinski definition) is 2. The molecule has 200 valence electrons. The Hall–Kier alpha value is -3.58. The van der Waals surface area contributed by atoms with Gasteiger partial charge in [0, 0.05) is 12.3 Å². The number of nitrogens with one attached hydrogen (secondary N) is 1. The molecule has 8 nitrogen and oxygen atoms in total. The van der Waals surface area contributed by atoms with Crippen LogP contribution in [-0.4, -0.2) is 51.3 Å². The molecule has 2 atom stereocenters. The number of anilines is 1. The van der Waals surface area contributed by atoms with E-state index in [0.717, 1.165) is 21.7 Å². The molecule has 1 saturated carbocycles. The van der Waals surface area contributed by atoms with E-state index in [-0.39, 0.29) is 42.7 Å². The number of nitrogens with zero attached hydrogens (tertiary/aromatic N) is 3. The van der Waals surface area contributed by atoms with Crippen LogP contribution < -0.4 is 15.6 Å². The average molecular weight is 557 g/mol. The van der Waals surface area contributed by atoms with Crippen LogP contribution in [0.15, 0.2) is 35.3 Å². The van der Waals surface area contributed by atoms with E-state index in [1.54, 1.807) is 0 Å². The van der Waals surface area contributed by atoms with Gasteiger partial charge >= 0.3 is 6.18 Å². The molecule has 2 N–H and O–H groups in total. The number of aromatic nitrogens is 2. The highest BCUT2D eigenvalue weighted by Gasteiger charge is 2.50. The Morgan fingerprint density at radius 3 is 2.47 bits per heavy atom. The smallest absolute Gasteiger partial charge is 0.391 e. The van der Waals surface area contributed by atoms with E-state index in [2.05, 4.69) is 4.98 Å². The van der Waals surface area contributed by atoms with Gasteiger partial charge in [-0.15, -0.1) is 0 Å². The van der Waals surface area contributed by atoms with Gasteiger partial charge in [0.2, 0.25) is 11.3 Å². The number of aliphatic hydroxyl groups is 1. The maximum absolute atomic E-state index is 15.0. The molecule has 0 spiro atoms. The van der Waals surface area contributed by atoms with Crippen molar-refractivity contribution in [1.82, 2.24) is 14.9 Å². The molecule has 2 aromatic heterocycles. The minimum atomic E-state index is -4.76. The molecule has 1 aliphatic heterocycles. The Kier molecular flexibility index (Phi) is 6.38. The second kappa shape index (κ2) is 9.31. The summed E-state index contributed by atoms with van der Waals surface area (Å²) in [6, 6.07) is 1.49. The molecule has 0 radical (unpaired) electrons. The number of halogens is 6. The van der Waals surface area contributed by atoms with Gasteiger partial charge in [0.25, 0.3) is 5.91 Å². The Balaban J connectivity index is 1.70. The van der Waals surface area contributed by atoms with Crippen LogP contribution in [-0.2, 0) is 4.79 Å². The van der Waals surface area contributed by atoms with Crippen molar-refractivity contribution < 1.29 is 36.6 Å². The van der Waals surface area contributed by atoms with Gasteiger partial charge in [-0.1, -0.05) is 11.6 Å². The van der Waals surface area contributed by atoms with Gasteiger partial charge in [-0.05, 0) is 37.0 Å². The first-order valence-electron chi connectivity index (χ1n) is 11.4. The lowest BCUT2D eigenvalue weighted by Crippen LogP contribution is -2.48. The number of benzene rings is 1. The Morgan fingerprint density at radius 2 is 1.89 bits per heavy atom. The summed E-state index contributed by atoms with van der Waals surface area (Å²) in [6.07, 6.45) is -4.63. The van der Waals surface area contributed by atoms with Crippen molar-refractivity contribution in [2.75, 3.05) is 11.4 Å². The van der Waals surface area contributed by atoms with Crippen molar-refractivity contribution >= 4 is 40.3 Å². The molecular weight excluding hydrogens is 539 g/mol. The van der Waals surface area contributed by atoms with E-state index >= 15 is 0 Å². The van der Waals surface area contributed by atoms with Crippen LogP contribution in [0.25, 0.3) is 16.7 Å². The van der Waals surface area contributed by atoms with Gasteiger partial charge in [0.1, 0.15) is 28.9 Å². The van der Waals surface area contributed by atoms with Crippen LogP contribution in [0, 0.1) is 17.6 Å². The van der Waals surface area contributed by atoms with E-state index in [9.17, 15) is 41.4 Å². The molecule has 0 unspecified atom stereocenters. The Labute approximate surface area is 215 Å². The first-order chi connectivity index (χ1) is 17.8. The zero-order chi connectivity index (χ0) is 27.5. The third-order valence-electron chi connectivity index (χ3n) is 6.42. The predicted molar refractivity (Wildman–Crippen MR) is 125 cm³/mol. The second-order valence-corrected chi connectivity index (χ2v) is 9.60. The quantitative estimate of drug-likeness (QED) is 0.468. The number of amides is 2. The molecule has 1 saturated heterocycles. The lowest BCUT2D eigenvalue weighted by molar-refractivity contribution is -0.158. The average Bonchev–Trinajstić information content (AvgIpc) is 3.59. The number of carbonyl (C=O) groups is 2. The Morgan fingerprint density at radius 1 is 1.18 bits per heavy atom. The minimum Gasteiger partial charge on any atom is -0.391 e.